The minimum Gasteiger partial charge on any atom is -0.320 e. The van der Waals surface area contributed by atoms with Crippen LogP contribution in [-0.4, -0.2) is 40.1 Å². The van der Waals surface area contributed by atoms with E-state index >= 15 is 0 Å². The lowest BCUT2D eigenvalue weighted by Crippen LogP contribution is -2.08. The van der Waals surface area contributed by atoms with E-state index < -0.39 is 0 Å². The van der Waals surface area contributed by atoms with Gasteiger partial charge in [0.2, 0.25) is 0 Å². The highest BCUT2D eigenvalue weighted by atomic mass is 32.2. The van der Waals surface area contributed by atoms with Crippen LogP contribution in [0.15, 0.2) is 6.20 Å². The van der Waals surface area contributed by atoms with Crippen molar-refractivity contribution >= 4 is 11.8 Å². The van der Waals surface area contributed by atoms with Crippen LogP contribution in [0.1, 0.15) is 25.5 Å². The van der Waals surface area contributed by atoms with E-state index in [1.165, 1.54) is 17.9 Å². The maximum atomic E-state index is 4.17. The predicted molar refractivity (Wildman–Crippen MR) is 69.9 cm³/mol. The fourth-order valence-electron chi connectivity index (χ4n) is 1.48. The molecule has 0 spiro atoms. The molecule has 4 nitrogen and oxygen atoms in total. The molecule has 1 N–H and O–H groups in total. The fraction of sp³-hybridized carbons (Fsp3) is 0.818. The Balaban J connectivity index is 2.17. The molecule has 0 aliphatic carbocycles. The van der Waals surface area contributed by atoms with Crippen molar-refractivity contribution in [2.45, 2.75) is 32.7 Å². The Bertz CT molecular complexity index is 275. The van der Waals surface area contributed by atoms with Crippen LogP contribution < -0.4 is 5.32 Å². The van der Waals surface area contributed by atoms with Gasteiger partial charge in [-0.2, -0.15) is 11.8 Å². The number of rotatable bonds is 9. The first-order valence-electron chi connectivity index (χ1n) is 5.98. The molecule has 1 aromatic heterocycles. The van der Waals surface area contributed by atoms with Gasteiger partial charge in [0.05, 0.1) is 5.69 Å². The van der Waals surface area contributed by atoms with Crippen molar-refractivity contribution in [1.29, 1.82) is 0 Å². The molecule has 0 fully saturated rings. The molecule has 92 valence electrons. The predicted octanol–water partition coefficient (Wildman–Crippen LogP) is 1.57. The third kappa shape index (κ3) is 5.51. The molecule has 0 saturated heterocycles. The van der Waals surface area contributed by atoms with E-state index in [2.05, 4.69) is 28.7 Å². The second kappa shape index (κ2) is 8.58. The first-order valence-corrected chi connectivity index (χ1v) is 7.13. The van der Waals surface area contributed by atoms with Gasteiger partial charge in [-0.1, -0.05) is 12.1 Å². The molecule has 16 heavy (non-hydrogen) atoms. The molecule has 0 radical (unpaired) electrons. The zero-order valence-corrected chi connectivity index (χ0v) is 11.1. The smallest absolute Gasteiger partial charge is 0.0827 e. The highest BCUT2D eigenvalue weighted by molar-refractivity contribution is 7.99. The van der Waals surface area contributed by atoms with Crippen molar-refractivity contribution in [1.82, 2.24) is 20.3 Å². The molecule has 0 aliphatic heterocycles. The second-order valence-electron chi connectivity index (χ2n) is 3.73. The molecule has 5 heteroatoms. The summed E-state index contributed by atoms with van der Waals surface area (Å²) in [5.41, 5.74) is 1.11. The van der Waals surface area contributed by atoms with Crippen LogP contribution in [0.2, 0.25) is 0 Å². The lowest BCUT2D eigenvalue weighted by Gasteiger charge is -1.99. The Morgan fingerprint density at radius 2 is 2.31 bits per heavy atom. The average Bonchev–Trinajstić information content (AvgIpc) is 2.73. The molecule has 1 heterocycles. The first-order chi connectivity index (χ1) is 7.86. The van der Waals surface area contributed by atoms with E-state index in [-0.39, 0.29) is 0 Å². The number of nitrogens with one attached hydrogen (secondary N) is 1. The summed E-state index contributed by atoms with van der Waals surface area (Å²) < 4.78 is 1.96. The molecule has 0 aliphatic rings. The number of aromatic nitrogens is 3. The van der Waals surface area contributed by atoms with Gasteiger partial charge in [-0.25, -0.2) is 0 Å². The van der Waals surface area contributed by atoms with Gasteiger partial charge in [0.1, 0.15) is 0 Å². The van der Waals surface area contributed by atoms with E-state index in [0.29, 0.717) is 0 Å². The van der Waals surface area contributed by atoms with E-state index in [4.69, 9.17) is 0 Å². The summed E-state index contributed by atoms with van der Waals surface area (Å²) >= 11 is 1.98. The van der Waals surface area contributed by atoms with Crippen molar-refractivity contribution in [2.75, 3.05) is 25.1 Å². The number of hydrogen-bond donors (Lipinski definition) is 1. The van der Waals surface area contributed by atoms with Crippen molar-refractivity contribution in [2.24, 2.45) is 0 Å². The van der Waals surface area contributed by atoms with Crippen LogP contribution in [0.25, 0.3) is 0 Å². The molecular weight excluding hydrogens is 220 g/mol. The number of aryl methyl sites for hydroxylation is 2. The molecule has 0 bridgehead atoms. The normalized spacial score (nSPS) is 10.9. The first kappa shape index (κ1) is 13.5. The van der Waals surface area contributed by atoms with Crippen molar-refractivity contribution in [3.8, 4) is 0 Å². The Morgan fingerprint density at radius 3 is 3.06 bits per heavy atom. The third-order valence-electron chi connectivity index (χ3n) is 2.33. The Hall–Kier alpha value is -0.550. The molecule has 0 saturated carbocycles. The maximum Gasteiger partial charge on any atom is 0.0827 e. The van der Waals surface area contributed by atoms with Gasteiger partial charge < -0.3 is 5.32 Å². The Kier molecular flexibility index (Phi) is 7.25. The largest absolute Gasteiger partial charge is 0.320 e. The van der Waals surface area contributed by atoms with Crippen molar-refractivity contribution in [3.63, 3.8) is 0 Å². The quantitative estimate of drug-likeness (QED) is 0.668. The van der Waals surface area contributed by atoms with Gasteiger partial charge in [-0.15, -0.1) is 5.10 Å². The molecule has 1 rings (SSSR count). The zero-order valence-electron chi connectivity index (χ0n) is 10.3. The number of hydrogen-bond acceptors (Lipinski definition) is 4. The molecule has 0 aromatic carbocycles. The summed E-state index contributed by atoms with van der Waals surface area (Å²) in [6.45, 7) is 4.23. The minimum absolute atomic E-state index is 0.992. The van der Waals surface area contributed by atoms with Crippen LogP contribution in [0, 0.1) is 0 Å². The van der Waals surface area contributed by atoms with Gasteiger partial charge in [0.15, 0.2) is 0 Å². The highest BCUT2D eigenvalue weighted by Gasteiger charge is 2.00. The van der Waals surface area contributed by atoms with Crippen LogP contribution in [-0.2, 0) is 13.0 Å². The molecular formula is C11H22N4S. The van der Waals surface area contributed by atoms with Gasteiger partial charge in [0, 0.05) is 12.7 Å². The summed E-state index contributed by atoms with van der Waals surface area (Å²) in [5.74, 6) is 2.41. The summed E-state index contributed by atoms with van der Waals surface area (Å²) in [6.07, 6.45) is 5.40. The summed E-state index contributed by atoms with van der Waals surface area (Å²) in [5, 5.41) is 11.4. The molecule has 0 amide bonds. The lowest BCUT2D eigenvalue weighted by atomic mass is 10.2. The monoisotopic (exact) mass is 242 g/mol. The zero-order chi connectivity index (χ0) is 11.6. The summed E-state index contributed by atoms with van der Waals surface area (Å²) in [6, 6.07) is 0. The molecule has 0 unspecified atom stereocenters. The van der Waals surface area contributed by atoms with E-state index in [0.717, 1.165) is 31.6 Å². The Morgan fingerprint density at radius 1 is 1.44 bits per heavy atom. The SMILES string of the molecule is CCSCCCn1cc(CCCNC)nn1. The van der Waals surface area contributed by atoms with Crippen LogP contribution in [0.5, 0.6) is 0 Å². The summed E-state index contributed by atoms with van der Waals surface area (Å²) in [4.78, 5) is 0. The van der Waals surface area contributed by atoms with Gasteiger partial charge >= 0.3 is 0 Å². The van der Waals surface area contributed by atoms with Crippen molar-refractivity contribution < 1.29 is 0 Å². The molecule has 1 aromatic rings. The Labute approximate surface area is 102 Å². The second-order valence-corrected chi connectivity index (χ2v) is 5.12. The van der Waals surface area contributed by atoms with E-state index in [1.807, 2.05) is 23.5 Å². The van der Waals surface area contributed by atoms with Crippen LogP contribution in [0.4, 0.5) is 0 Å². The minimum atomic E-state index is 0.992. The maximum absolute atomic E-state index is 4.17. The fourth-order valence-corrected chi connectivity index (χ4v) is 2.10. The van der Waals surface area contributed by atoms with Gasteiger partial charge in [0.25, 0.3) is 0 Å². The van der Waals surface area contributed by atoms with Crippen LogP contribution in [0.3, 0.4) is 0 Å². The molecule has 0 atom stereocenters. The van der Waals surface area contributed by atoms with Crippen LogP contribution >= 0.6 is 11.8 Å². The topological polar surface area (TPSA) is 42.7 Å². The third-order valence-corrected chi connectivity index (χ3v) is 3.31. The standard InChI is InChI=1S/C11H22N4S/c1-3-16-9-5-8-15-10-11(13-14-15)6-4-7-12-2/h10,12H,3-9H2,1-2H3. The number of thioether (sulfide) groups is 1. The van der Waals surface area contributed by atoms with Gasteiger partial charge in [-0.05, 0) is 44.4 Å². The van der Waals surface area contributed by atoms with Gasteiger partial charge in [-0.3, -0.25) is 4.68 Å². The van der Waals surface area contributed by atoms with E-state index in [9.17, 15) is 0 Å². The average molecular weight is 242 g/mol. The van der Waals surface area contributed by atoms with E-state index in [1.54, 1.807) is 0 Å². The number of nitrogens with zero attached hydrogens (tertiary/aromatic N) is 3. The highest BCUT2D eigenvalue weighted by Crippen LogP contribution is 2.03. The summed E-state index contributed by atoms with van der Waals surface area (Å²) in [7, 11) is 1.97. The van der Waals surface area contributed by atoms with Crippen molar-refractivity contribution in [3.05, 3.63) is 11.9 Å². The lowest BCUT2D eigenvalue weighted by molar-refractivity contribution is 0.581.